The zero-order valence-electron chi connectivity index (χ0n) is 10.5. The third-order valence-electron chi connectivity index (χ3n) is 3.23. The molecule has 19 heavy (non-hydrogen) atoms. The monoisotopic (exact) mass is 258 g/mol. The van der Waals surface area contributed by atoms with Gasteiger partial charge in [0.05, 0.1) is 12.2 Å². The zero-order valence-corrected chi connectivity index (χ0v) is 10.5. The molecule has 2 aromatic carbocycles. The fraction of sp³-hybridized carbons (Fsp3) is 0.200. The van der Waals surface area contributed by atoms with Gasteiger partial charge in [0.2, 0.25) is 0 Å². The lowest BCUT2D eigenvalue weighted by atomic mass is 10.1. The number of halogens is 1. The van der Waals surface area contributed by atoms with E-state index in [-0.39, 0.29) is 5.82 Å². The summed E-state index contributed by atoms with van der Waals surface area (Å²) in [7, 11) is 0. The summed E-state index contributed by atoms with van der Waals surface area (Å²) >= 11 is 0. The van der Waals surface area contributed by atoms with Gasteiger partial charge < -0.3 is 15.4 Å². The van der Waals surface area contributed by atoms with E-state index in [4.69, 9.17) is 10.5 Å². The maximum absolute atomic E-state index is 12.9. The van der Waals surface area contributed by atoms with Crippen molar-refractivity contribution in [1.29, 1.82) is 0 Å². The van der Waals surface area contributed by atoms with Crippen LogP contribution in [0.4, 0.5) is 15.8 Å². The Labute approximate surface area is 111 Å². The molecule has 0 fully saturated rings. The first-order chi connectivity index (χ1) is 9.22. The number of ether oxygens (including phenoxy) is 1. The number of anilines is 2. The first-order valence-corrected chi connectivity index (χ1v) is 6.24. The van der Waals surface area contributed by atoms with Gasteiger partial charge in [-0.2, -0.15) is 0 Å². The van der Waals surface area contributed by atoms with Crippen molar-refractivity contribution in [2.24, 2.45) is 0 Å². The Morgan fingerprint density at radius 3 is 2.74 bits per heavy atom. The number of hydrogen-bond donors (Lipinski definition) is 1. The van der Waals surface area contributed by atoms with Gasteiger partial charge in [0.15, 0.2) is 0 Å². The lowest BCUT2D eigenvalue weighted by Crippen LogP contribution is -2.32. The Morgan fingerprint density at radius 1 is 1.16 bits per heavy atom. The molecular formula is C15H15FN2O. The van der Waals surface area contributed by atoms with Crippen LogP contribution in [0.5, 0.6) is 5.75 Å². The summed E-state index contributed by atoms with van der Waals surface area (Å²) in [6.45, 7) is 2.19. The van der Waals surface area contributed by atoms with Gasteiger partial charge >= 0.3 is 0 Å². The van der Waals surface area contributed by atoms with E-state index in [2.05, 4.69) is 4.90 Å². The molecule has 1 aliphatic rings. The molecule has 0 aromatic heterocycles. The minimum atomic E-state index is -0.209. The fourth-order valence-electron chi connectivity index (χ4n) is 2.27. The summed E-state index contributed by atoms with van der Waals surface area (Å²) in [4.78, 5) is 2.21. The van der Waals surface area contributed by atoms with Crippen molar-refractivity contribution < 1.29 is 9.13 Å². The number of fused-ring (bicyclic) bond motifs is 1. The highest BCUT2D eigenvalue weighted by Crippen LogP contribution is 2.34. The van der Waals surface area contributed by atoms with Crippen LogP contribution in [0.15, 0.2) is 42.5 Å². The summed E-state index contributed by atoms with van der Waals surface area (Å²) in [5, 5.41) is 0. The van der Waals surface area contributed by atoms with E-state index in [1.807, 2.05) is 30.3 Å². The van der Waals surface area contributed by atoms with Crippen LogP contribution in [0.3, 0.4) is 0 Å². The first kappa shape index (κ1) is 11.8. The van der Waals surface area contributed by atoms with Crippen molar-refractivity contribution in [3.05, 3.63) is 53.8 Å². The topological polar surface area (TPSA) is 38.5 Å². The summed E-state index contributed by atoms with van der Waals surface area (Å²) in [6, 6.07) is 12.3. The number of nitrogens with zero attached hydrogens (tertiary/aromatic N) is 1. The Hall–Kier alpha value is -2.23. The first-order valence-electron chi connectivity index (χ1n) is 6.24. The van der Waals surface area contributed by atoms with E-state index in [1.54, 1.807) is 0 Å². The van der Waals surface area contributed by atoms with Crippen LogP contribution in [-0.4, -0.2) is 13.2 Å². The second kappa shape index (κ2) is 4.80. The van der Waals surface area contributed by atoms with Gasteiger partial charge in [-0.15, -0.1) is 0 Å². The highest BCUT2D eigenvalue weighted by molar-refractivity contribution is 5.65. The molecule has 4 heteroatoms. The average Bonchev–Trinajstić information content (AvgIpc) is 2.41. The van der Waals surface area contributed by atoms with Gasteiger partial charge in [0.25, 0.3) is 0 Å². The molecule has 0 radical (unpaired) electrons. The molecule has 2 N–H and O–H groups in total. The third kappa shape index (κ3) is 2.47. The van der Waals surface area contributed by atoms with Crippen molar-refractivity contribution >= 4 is 11.4 Å². The van der Waals surface area contributed by atoms with E-state index in [0.29, 0.717) is 12.3 Å². The lowest BCUT2D eigenvalue weighted by molar-refractivity contribution is 0.307. The molecule has 0 amide bonds. The summed E-state index contributed by atoms with van der Waals surface area (Å²) in [6.07, 6.45) is 0. The minimum absolute atomic E-state index is 0.209. The van der Waals surface area contributed by atoms with Crippen molar-refractivity contribution in [3.8, 4) is 5.75 Å². The predicted octanol–water partition coefficient (Wildman–Crippen LogP) is 2.81. The van der Waals surface area contributed by atoms with E-state index in [0.717, 1.165) is 30.1 Å². The zero-order chi connectivity index (χ0) is 13.2. The smallest absolute Gasteiger partial charge is 0.144 e. The van der Waals surface area contributed by atoms with Crippen LogP contribution < -0.4 is 15.4 Å². The maximum Gasteiger partial charge on any atom is 0.144 e. The van der Waals surface area contributed by atoms with Gasteiger partial charge in [0, 0.05) is 18.3 Å². The van der Waals surface area contributed by atoms with Crippen molar-refractivity contribution in [3.63, 3.8) is 0 Å². The fourth-order valence-corrected chi connectivity index (χ4v) is 2.27. The number of hydrogen-bond acceptors (Lipinski definition) is 3. The largest absolute Gasteiger partial charge is 0.489 e. The molecule has 0 unspecified atom stereocenters. The van der Waals surface area contributed by atoms with Crippen LogP contribution in [0.25, 0.3) is 0 Å². The SMILES string of the molecule is Nc1ccc2c(c1)OCCN2Cc1ccc(F)cc1. The van der Waals surface area contributed by atoms with Crippen LogP contribution in [-0.2, 0) is 6.54 Å². The van der Waals surface area contributed by atoms with Crippen molar-refractivity contribution in [1.82, 2.24) is 0 Å². The normalized spacial score (nSPS) is 13.8. The molecule has 0 spiro atoms. The maximum atomic E-state index is 12.9. The Bertz CT molecular complexity index is 583. The predicted molar refractivity (Wildman–Crippen MR) is 73.8 cm³/mol. The second-order valence-corrected chi connectivity index (χ2v) is 4.62. The molecule has 0 aliphatic carbocycles. The molecule has 0 saturated heterocycles. The Balaban J connectivity index is 1.85. The molecule has 1 aliphatic heterocycles. The van der Waals surface area contributed by atoms with E-state index >= 15 is 0 Å². The molecule has 0 atom stereocenters. The highest BCUT2D eigenvalue weighted by atomic mass is 19.1. The highest BCUT2D eigenvalue weighted by Gasteiger charge is 2.18. The lowest BCUT2D eigenvalue weighted by Gasteiger charge is -2.31. The molecular weight excluding hydrogens is 243 g/mol. The molecule has 1 heterocycles. The van der Waals surface area contributed by atoms with Crippen LogP contribution in [0, 0.1) is 5.82 Å². The molecule has 98 valence electrons. The molecule has 3 nitrogen and oxygen atoms in total. The summed E-state index contributed by atoms with van der Waals surface area (Å²) in [5.41, 5.74) is 8.56. The van der Waals surface area contributed by atoms with Gasteiger partial charge in [-0.3, -0.25) is 0 Å². The average molecular weight is 258 g/mol. The number of rotatable bonds is 2. The van der Waals surface area contributed by atoms with Gasteiger partial charge in [-0.25, -0.2) is 4.39 Å². The van der Waals surface area contributed by atoms with Crippen LogP contribution in [0.2, 0.25) is 0 Å². The number of nitrogens with two attached hydrogens (primary N) is 1. The van der Waals surface area contributed by atoms with Gasteiger partial charge in [-0.05, 0) is 29.8 Å². The molecule has 0 bridgehead atoms. The molecule has 0 saturated carbocycles. The van der Waals surface area contributed by atoms with Gasteiger partial charge in [-0.1, -0.05) is 12.1 Å². The summed E-state index contributed by atoms with van der Waals surface area (Å²) < 4.78 is 18.5. The van der Waals surface area contributed by atoms with E-state index in [1.165, 1.54) is 12.1 Å². The molecule has 3 rings (SSSR count). The van der Waals surface area contributed by atoms with E-state index < -0.39 is 0 Å². The van der Waals surface area contributed by atoms with Crippen molar-refractivity contribution in [2.45, 2.75) is 6.54 Å². The van der Waals surface area contributed by atoms with Gasteiger partial charge in [0.1, 0.15) is 18.2 Å². The van der Waals surface area contributed by atoms with Crippen LogP contribution in [0.1, 0.15) is 5.56 Å². The Morgan fingerprint density at radius 2 is 1.95 bits per heavy atom. The molecule has 2 aromatic rings. The van der Waals surface area contributed by atoms with Crippen LogP contribution >= 0.6 is 0 Å². The quantitative estimate of drug-likeness (QED) is 0.842. The van der Waals surface area contributed by atoms with Crippen molar-refractivity contribution in [2.75, 3.05) is 23.8 Å². The standard InChI is InChI=1S/C15H15FN2O/c16-12-3-1-11(2-4-12)10-18-7-8-19-15-9-13(17)5-6-14(15)18/h1-6,9H,7-8,10,17H2. The number of nitrogen functional groups attached to an aromatic ring is 1. The number of benzene rings is 2. The summed E-state index contributed by atoms with van der Waals surface area (Å²) in [5.74, 6) is 0.604. The third-order valence-corrected chi connectivity index (χ3v) is 3.23. The van der Waals surface area contributed by atoms with E-state index in [9.17, 15) is 4.39 Å². The Kier molecular flexibility index (Phi) is 2.99. The minimum Gasteiger partial charge on any atom is -0.489 e. The second-order valence-electron chi connectivity index (χ2n) is 4.62.